The number of carbonyl (C=O) groups is 4. The van der Waals surface area contributed by atoms with E-state index < -0.39 is 12.2 Å². The van der Waals surface area contributed by atoms with Crippen molar-refractivity contribution in [2.24, 2.45) is 0 Å². The molecule has 2 atom stereocenters. The Bertz CT molecular complexity index is 671. The summed E-state index contributed by atoms with van der Waals surface area (Å²) in [6.07, 6.45) is 4.99. The highest BCUT2D eigenvalue weighted by molar-refractivity contribution is 5.70. The molecular weight excluding hydrogens is 532 g/mol. The SMILES string of the molecule is CCCC(CC)OC(=O)NCCOC(=O)CCN(CCCN(C)C)CCC(=O)OCCNC(=O)OC(CC)CCC. The molecule has 0 heterocycles. The number of hydrogen-bond donors (Lipinski definition) is 2. The smallest absolute Gasteiger partial charge is 0.407 e. The third-order valence-corrected chi connectivity index (χ3v) is 6.29. The molecule has 2 N–H and O–H groups in total. The first kappa shape index (κ1) is 38.4. The molecule has 0 aliphatic carbocycles. The van der Waals surface area contributed by atoms with Gasteiger partial charge in [0.2, 0.25) is 0 Å². The zero-order chi connectivity index (χ0) is 30.9. The average Bonchev–Trinajstić information content (AvgIpc) is 2.93. The van der Waals surface area contributed by atoms with Crippen molar-refractivity contribution in [2.75, 3.05) is 66.6 Å². The summed E-state index contributed by atoms with van der Waals surface area (Å²) >= 11 is 0. The number of esters is 2. The fraction of sp³-hybridized carbons (Fsp3) is 0.862. The second-order valence-corrected chi connectivity index (χ2v) is 10.2. The lowest BCUT2D eigenvalue weighted by Crippen LogP contribution is -2.34. The molecule has 0 aromatic carbocycles. The number of nitrogens with one attached hydrogen (secondary N) is 2. The summed E-state index contributed by atoms with van der Waals surface area (Å²) in [5.74, 6) is -0.750. The molecule has 0 radical (unpaired) electrons. The number of amides is 2. The van der Waals surface area contributed by atoms with E-state index in [4.69, 9.17) is 18.9 Å². The molecule has 0 aromatic heterocycles. The minimum absolute atomic E-state index is 0.0603. The number of ether oxygens (including phenoxy) is 4. The van der Waals surface area contributed by atoms with Gasteiger partial charge in [0.05, 0.1) is 25.9 Å². The van der Waals surface area contributed by atoms with Crippen molar-refractivity contribution < 1.29 is 38.1 Å². The third-order valence-electron chi connectivity index (χ3n) is 6.29. The van der Waals surface area contributed by atoms with Gasteiger partial charge in [-0.3, -0.25) is 9.59 Å². The Hall–Kier alpha value is -2.60. The fourth-order valence-electron chi connectivity index (χ4n) is 3.95. The predicted octanol–water partition coefficient (Wildman–Crippen LogP) is 3.72. The monoisotopic (exact) mass is 588 g/mol. The van der Waals surface area contributed by atoms with E-state index in [0.29, 0.717) is 19.6 Å². The molecule has 12 nitrogen and oxygen atoms in total. The second kappa shape index (κ2) is 25.1. The fourth-order valence-corrected chi connectivity index (χ4v) is 3.95. The van der Waals surface area contributed by atoms with E-state index in [1.807, 2.05) is 46.7 Å². The van der Waals surface area contributed by atoms with Crippen LogP contribution in [-0.4, -0.2) is 113 Å². The van der Waals surface area contributed by atoms with E-state index in [1.54, 1.807) is 0 Å². The van der Waals surface area contributed by atoms with Gasteiger partial charge in [-0.15, -0.1) is 0 Å². The standard InChI is InChI=1S/C29H56N4O8/c1-7-12-24(9-3)40-28(36)30-16-22-38-26(34)14-20-33(19-11-18-32(5)6)21-15-27(35)39-23-17-31-29(37)41-25(10-4)13-8-2/h24-25H,7-23H2,1-6H3,(H,30,36)(H,31,37). The first-order valence-electron chi connectivity index (χ1n) is 15.2. The van der Waals surface area contributed by atoms with Crippen LogP contribution in [0.3, 0.4) is 0 Å². The van der Waals surface area contributed by atoms with Crippen molar-refractivity contribution in [2.45, 2.75) is 97.7 Å². The van der Waals surface area contributed by atoms with Gasteiger partial charge in [-0.05, 0) is 59.3 Å². The van der Waals surface area contributed by atoms with Crippen LogP contribution in [0.2, 0.25) is 0 Å². The normalized spacial score (nSPS) is 12.5. The van der Waals surface area contributed by atoms with Gasteiger partial charge >= 0.3 is 24.1 Å². The van der Waals surface area contributed by atoms with Gasteiger partial charge in [-0.1, -0.05) is 40.5 Å². The molecule has 12 heteroatoms. The van der Waals surface area contributed by atoms with Crippen LogP contribution in [0.1, 0.15) is 85.5 Å². The maximum absolute atomic E-state index is 12.2. The molecule has 240 valence electrons. The van der Waals surface area contributed by atoms with E-state index in [1.165, 1.54) is 0 Å². The number of nitrogens with zero attached hydrogens (tertiary/aromatic N) is 2. The molecular formula is C29H56N4O8. The molecule has 0 fully saturated rings. The van der Waals surface area contributed by atoms with Crippen LogP contribution in [0, 0.1) is 0 Å². The largest absolute Gasteiger partial charge is 0.464 e. The second-order valence-electron chi connectivity index (χ2n) is 10.2. The summed E-state index contributed by atoms with van der Waals surface area (Å²) in [5, 5.41) is 5.21. The van der Waals surface area contributed by atoms with Crippen molar-refractivity contribution in [3.05, 3.63) is 0 Å². The van der Waals surface area contributed by atoms with E-state index in [-0.39, 0.29) is 63.3 Å². The predicted molar refractivity (Wildman–Crippen MR) is 158 cm³/mol. The summed E-state index contributed by atoms with van der Waals surface area (Å²) in [6.45, 7) is 11.0. The van der Waals surface area contributed by atoms with E-state index in [9.17, 15) is 19.2 Å². The van der Waals surface area contributed by atoms with Crippen LogP contribution in [0.15, 0.2) is 0 Å². The Morgan fingerprint density at radius 2 is 1.10 bits per heavy atom. The van der Waals surface area contributed by atoms with Gasteiger partial charge in [0, 0.05) is 13.1 Å². The van der Waals surface area contributed by atoms with Gasteiger partial charge in [0.1, 0.15) is 25.4 Å². The summed E-state index contributed by atoms with van der Waals surface area (Å²) in [6, 6.07) is 0. The lowest BCUT2D eigenvalue weighted by molar-refractivity contribution is -0.144. The molecule has 0 spiro atoms. The van der Waals surface area contributed by atoms with E-state index in [0.717, 1.165) is 51.5 Å². The van der Waals surface area contributed by atoms with Gasteiger partial charge in [-0.25, -0.2) is 9.59 Å². The Labute approximate surface area is 247 Å². The Balaban J connectivity index is 4.34. The van der Waals surface area contributed by atoms with E-state index in [2.05, 4.69) is 15.5 Å². The lowest BCUT2D eigenvalue weighted by Gasteiger charge is -2.22. The minimum atomic E-state index is -0.506. The molecule has 0 aromatic rings. The molecule has 0 saturated carbocycles. The number of rotatable bonds is 24. The van der Waals surface area contributed by atoms with Crippen LogP contribution in [0.25, 0.3) is 0 Å². The van der Waals surface area contributed by atoms with Crippen LogP contribution in [-0.2, 0) is 28.5 Å². The van der Waals surface area contributed by atoms with Gasteiger partial charge in [0.15, 0.2) is 0 Å². The summed E-state index contributed by atoms with van der Waals surface area (Å²) < 4.78 is 21.1. The lowest BCUT2D eigenvalue weighted by atomic mass is 10.2. The molecule has 0 rings (SSSR count). The molecule has 0 bridgehead atoms. The molecule has 0 saturated heterocycles. The highest BCUT2D eigenvalue weighted by atomic mass is 16.6. The Morgan fingerprint density at radius 1 is 0.659 bits per heavy atom. The van der Waals surface area contributed by atoms with Gasteiger partial charge < -0.3 is 39.4 Å². The van der Waals surface area contributed by atoms with Crippen LogP contribution in [0.5, 0.6) is 0 Å². The highest BCUT2D eigenvalue weighted by Gasteiger charge is 2.15. The molecule has 2 amide bonds. The van der Waals surface area contributed by atoms with Crippen molar-refractivity contribution in [1.29, 1.82) is 0 Å². The maximum atomic E-state index is 12.2. The Kier molecular flexibility index (Phi) is 23.5. The van der Waals surface area contributed by atoms with Crippen LogP contribution in [0.4, 0.5) is 9.59 Å². The zero-order valence-electron chi connectivity index (χ0n) is 26.3. The first-order chi connectivity index (χ1) is 19.6. The van der Waals surface area contributed by atoms with Crippen molar-refractivity contribution >= 4 is 24.1 Å². The topological polar surface area (TPSA) is 136 Å². The summed E-state index contributed by atoms with van der Waals surface area (Å²) in [5.41, 5.74) is 0. The number of hydrogen-bond acceptors (Lipinski definition) is 10. The van der Waals surface area contributed by atoms with Crippen molar-refractivity contribution in [3.8, 4) is 0 Å². The number of alkyl carbamates (subject to hydrolysis) is 2. The van der Waals surface area contributed by atoms with Crippen LogP contribution >= 0.6 is 0 Å². The zero-order valence-corrected chi connectivity index (χ0v) is 26.3. The first-order valence-corrected chi connectivity index (χ1v) is 15.2. The molecule has 2 unspecified atom stereocenters. The van der Waals surface area contributed by atoms with Gasteiger partial charge in [-0.2, -0.15) is 0 Å². The molecule has 41 heavy (non-hydrogen) atoms. The maximum Gasteiger partial charge on any atom is 0.407 e. The average molecular weight is 589 g/mol. The van der Waals surface area contributed by atoms with Gasteiger partial charge in [0.25, 0.3) is 0 Å². The Morgan fingerprint density at radius 3 is 1.46 bits per heavy atom. The third kappa shape index (κ3) is 22.7. The summed E-state index contributed by atoms with van der Waals surface area (Å²) in [7, 11) is 3.98. The van der Waals surface area contributed by atoms with Crippen molar-refractivity contribution in [1.82, 2.24) is 20.4 Å². The van der Waals surface area contributed by atoms with Crippen LogP contribution < -0.4 is 10.6 Å². The molecule has 0 aliphatic heterocycles. The highest BCUT2D eigenvalue weighted by Crippen LogP contribution is 2.07. The minimum Gasteiger partial charge on any atom is -0.464 e. The van der Waals surface area contributed by atoms with E-state index >= 15 is 0 Å². The molecule has 0 aliphatic rings. The quantitative estimate of drug-likeness (QED) is 0.0976. The number of carbonyl (C=O) groups excluding carboxylic acids is 4. The van der Waals surface area contributed by atoms with Crippen molar-refractivity contribution in [3.63, 3.8) is 0 Å². The summed E-state index contributed by atoms with van der Waals surface area (Å²) in [4.78, 5) is 52.3.